The molecular weight excluding hydrogens is 1160 g/mol. The standard InChI is InChI=1S/C26H20F2N4O4S.C24H18F2N2O5S.C7H6O.C4H10N2O/c27-16-7-6-15(18(28)9-16)8-21-30-31-26(37-21)17-10-32-20-13-35-12-19(20)29-25(34)22(32)24(23(17)33)36-11-14-4-2-1-3-5-14;1-2-31-24(30)22-21(32-12-14-6-4-3-5-7-14)20(29)17(13-33-22)23-28-27-19(34-23)10-15-8-9-16(25)11-18(15)26;8-6-7-4-2-1-3-5-7;5-3-1-7-2-4(3)6/h1-7,9-10,19-20H,8,11-13H2,(H,29,34);3-9,11,13H,2,10,12H2,1H3;1-6H;3-4H,1-2,5-6H2/t19-,20?;;;3-,4+/m0.../s1. The molecule has 0 saturated carbocycles. The number of esters is 1. The third-order valence-electron chi connectivity index (χ3n) is 13.2. The molecule has 3 aliphatic rings. The van der Waals surface area contributed by atoms with Gasteiger partial charge in [0.25, 0.3) is 11.7 Å². The first-order valence-electron chi connectivity index (χ1n) is 26.6. The van der Waals surface area contributed by atoms with E-state index in [-0.39, 0.29) is 107 Å². The highest BCUT2D eigenvalue weighted by molar-refractivity contribution is 7.15. The van der Waals surface area contributed by atoms with Crippen LogP contribution in [0.4, 0.5) is 17.6 Å². The van der Waals surface area contributed by atoms with E-state index >= 15 is 0 Å². The Morgan fingerprint density at radius 3 is 1.69 bits per heavy atom. The Morgan fingerprint density at radius 1 is 0.674 bits per heavy atom. The zero-order chi connectivity index (χ0) is 60.7. The van der Waals surface area contributed by atoms with E-state index in [2.05, 4.69) is 25.7 Å². The Kier molecular flexibility index (Phi) is 20.8. The largest absolute Gasteiger partial charge is 0.483 e. The van der Waals surface area contributed by atoms with Crippen LogP contribution >= 0.6 is 22.7 Å². The van der Waals surface area contributed by atoms with E-state index in [4.69, 9.17) is 39.6 Å². The van der Waals surface area contributed by atoms with Gasteiger partial charge in [-0.3, -0.25) is 19.2 Å². The summed E-state index contributed by atoms with van der Waals surface area (Å²) < 4.78 is 88.8. The molecule has 86 heavy (non-hydrogen) atoms. The number of nitrogens with two attached hydrogens (primary N) is 2. The molecule has 2 saturated heterocycles. The molecule has 9 aromatic rings. The lowest BCUT2D eigenvalue weighted by Gasteiger charge is -2.31. The lowest BCUT2D eigenvalue weighted by atomic mass is 10.0. The van der Waals surface area contributed by atoms with E-state index < -0.39 is 46.0 Å². The third-order valence-corrected chi connectivity index (χ3v) is 15.1. The van der Waals surface area contributed by atoms with Crippen LogP contribution in [-0.4, -0.2) is 94.3 Å². The van der Waals surface area contributed by atoms with Gasteiger partial charge in [-0.05, 0) is 41.3 Å². The van der Waals surface area contributed by atoms with E-state index in [0.717, 1.165) is 70.1 Å². The summed E-state index contributed by atoms with van der Waals surface area (Å²) in [6, 6.07) is 33.8. The van der Waals surface area contributed by atoms with Gasteiger partial charge >= 0.3 is 5.97 Å². The molecule has 4 atom stereocenters. The first kappa shape index (κ1) is 61.5. The number of nitrogens with zero attached hydrogens (tertiary/aromatic N) is 5. The van der Waals surface area contributed by atoms with Crippen LogP contribution in [0.1, 0.15) is 76.6 Å². The lowest BCUT2D eigenvalue weighted by molar-refractivity contribution is 0.0478. The van der Waals surface area contributed by atoms with Crippen molar-refractivity contribution in [1.82, 2.24) is 30.3 Å². The average Bonchev–Trinajstić information content (AvgIpc) is 1.69. The predicted molar refractivity (Wildman–Crippen MR) is 309 cm³/mol. The number of halogens is 4. The van der Waals surface area contributed by atoms with Crippen molar-refractivity contribution in [1.29, 1.82) is 0 Å². The molecule has 7 heterocycles. The van der Waals surface area contributed by atoms with Gasteiger partial charge in [0, 0.05) is 48.8 Å². The first-order chi connectivity index (χ1) is 41.7. The number of nitrogens with one attached hydrogen (secondary N) is 1. The Bertz CT molecular complexity index is 3920. The van der Waals surface area contributed by atoms with Crippen LogP contribution in [0.15, 0.2) is 154 Å². The summed E-state index contributed by atoms with van der Waals surface area (Å²) in [6.45, 7) is 3.81. The van der Waals surface area contributed by atoms with Gasteiger partial charge < -0.3 is 49.5 Å². The summed E-state index contributed by atoms with van der Waals surface area (Å²) in [6.07, 6.45) is 3.68. The summed E-state index contributed by atoms with van der Waals surface area (Å²) in [7, 11) is 0. The van der Waals surface area contributed by atoms with Gasteiger partial charge in [-0.25, -0.2) is 22.4 Å². The Balaban J connectivity index is 0.000000165. The highest BCUT2D eigenvalue weighted by Crippen LogP contribution is 2.34. The molecule has 12 rings (SSSR count). The topological polar surface area (TPSA) is 265 Å². The van der Waals surface area contributed by atoms with Gasteiger partial charge in [-0.15, -0.1) is 20.4 Å². The van der Waals surface area contributed by atoms with E-state index in [1.807, 2.05) is 66.7 Å². The van der Waals surface area contributed by atoms with Gasteiger partial charge in [-0.1, -0.05) is 126 Å². The van der Waals surface area contributed by atoms with E-state index in [1.54, 1.807) is 42.0 Å². The highest BCUT2D eigenvalue weighted by Gasteiger charge is 2.40. The second-order valence-electron chi connectivity index (χ2n) is 19.3. The van der Waals surface area contributed by atoms with Gasteiger partial charge in [0.05, 0.1) is 56.2 Å². The van der Waals surface area contributed by atoms with E-state index in [1.165, 1.54) is 18.2 Å². The average molecular weight is 1220 g/mol. The van der Waals surface area contributed by atoms with Gasteiger partial charge in [0.1, 0.15) is 59.0 Å². The fraction of sp³-hybridized carbons (Fsp3) is 0.230. The number of aromatic nitrogens is 5. The maximum Gasteiger partial charge on any atom is 0.378 e. The number of aldehydes is 1. The number of ether oxygens (including phenoxy) is 5. The zero-order valence-electron chi connectivity index (χ0n) is 45.7. The molecule has 0 radical (unpaired) electrons. The molecule has 2 fully saturated rings. The molecule has 0 spiro atoms. The Labute approximate surface area is 496 Å². The summed E-state index contributed by atoms with van der Waals surface area (Å²) in [5.41, 5.74) is 13.0. The van der Waals surface area contributed by atoms with Crippen LogP contribution in [0, 0.1) is 23.3 Å². The highest BCUT2D eigenvalue weighted by atomic mass is 32.1. The van der Waals surface area contributed by atoms with Crippen molar-refractivity contribution < 1.29 is 60.0 Å². The Morgan fingerprint density at radius 2 is 1.19 bits per heavy atom. The van der Waals surface area contributed by atoms with E-state index in [9.17, 15) is 41.5 Å². The number of amides is 1. The second kappa shape index (κ2) is 29.1. The molecule has 444 valence electrons. The molecule has 1 unspecified atom stereocenters. The van der Waals surface area contributed by atoms with Crippen molar-refractivity contribution in [3.63, 3.8) is 0 Å². The van der Waals surface area contributed by atoms with Crippen molar-refractivity contribution in [2.75, 3.05) is 33.0 Å². The number of carbonyl (C=O) groups is 3. The van der Waals surface area contributed by atoms with Gasteiger partial charge in [0.2, 0.25) is 16.6 Å². The fourth-order valence-electron chi connectivity index (χ4n) is 8.74. The number of hydrogen-bond acceptors (Lipinski definition) is 19. The second-order valence-corrected chi connectivity index (χ2v) is 21.4. The number of benzene rings is 5. The molecule has 19 nitrogen and oxygen atoms in total. The first-order valence-corrected chi connectivity index (χ1v) is 28.3. The zero-order valence-corrected chi connectivity index (χ0v) is 47.4. The molecule has 5 aromatic carbocycles. The normalized spacial score (nSPS) is 16.3. The van der Waals surface area contributed by atoms with E-state index in [0.29, 0.717) is 41.5 Å². The number of hydrogen-bond donors (Lipinski definition) is 3. The van der Waals surface area contributed by atoms with Crippen molar-refractivity contribution in [2.45, 2.75) is 57.1 Å². The third kappa shape index (κ3) is 15.4. The quantitative estimate of drug-likeness (QED) is 0.0494. The molecule has 1 amide bonds. The number of carbonyl (C=O) groups excluding carboxylic acids is 3. The van der Waals surface area contributed by atoms with Crippen molar-refractivity contribution >= 4 is 40.8 Å². The minimum Gasteiger partial charge on any atom is -0.483 e. The molecule has 4 aromatic heterocycles. The fourth-order valence-corrected chi connectivity index (χ4v) is 10.5. The van der Waals surface area contributed by atoms with Crippen molar-refractivity contribution in [3.05, 3.63) is 233 Å². The molecule has 0 bridgehead atoms. The maximum absolute atomic E-state index is 14.2. The van der Waals surface area contributed by atoms with Crippen LogP contribution in [0.3, 0.4) is 0 Å². The van der Waals surface area contributed by atoms with Gasteiger partial charge in [-0.2, -0.15) is 0 Å². The number of fused-ring (bicyclic) bond motifs is 3. The monoisotopic (exact) mass is 1210 g/mol. The summed E-state index contributed by atoms with van der Waals surface area (Å²) in [5.74, 6) is -4.71. The molecule has 0 aliphatic carbocycles. The smallest absolute Gasteiger partial charge is 0.378 e. The molecule has 3 aliphatic heterocycles. The van der Waals surface area contributed by atoms with Crippen LogP contribution in [0.25, 0.3) is 21.1 Å². The SMILES string of the molecule is CCOC(=O)c1occ(-c2nnc(Cc3ccc(F)cc3F)s2)c(=O)c1OCc1ccccc1.N[C@@H]1COC[C@@H]1N.O=C1N[C@H]2COCC2n2cc(-c3nnc(Cc4ccc(F)cc4F)s3)c(=O)c(OCc3ccccc3)c21.O=Cc1ccccc1. The lowest BCUT2D eigenvalue weighted by Crippen LogP contribution is -2.48. The van der Waals surface area contributed by atoms with Gasteiger partial charge in [0.15, 0.2) is 21.5 Å². The maximum atomic E-state index is 14.2. The number of rotatable bonds is 15. The molecule has 5 N–H and O–H groups in total. The molecule has 25 heteroatoms. The molecular formula is C61H54F4N8O11S2. The van der Waals surface area contributed by atoms with Crippen molar-refractivity contribution in [3.8, 4) is 32.6 Å². The van der Waals surface area contributed by atoms with Crippen LogP contribution in [0.2, 0.25) is 0 Å². The Hall–Kier alpha value is -9.11. The predicted octanol–water partition coefficient (Wildman–Crippen LogP) is 8.45. The van der Waals surface area contributed by atoms with Crippen molar-refractivity contribution in [2.24, 2.45) is 11.5 Å². The van der Waals surface area contributed by atoms with Crippen LogP contribution in [0.5, 0.6) is 11.5 Å². The summed E-state index contributed by atoms with van der Waals surface area (Å²) >= 11 is 2.17. The van der Waals surface area contributed by atoms with Crippen LogP contribution < -0.4 is 37.1 Å². The minimum absolute atomic E-state index is 0.0205. The van der Waals surface area contributed by atoms with Crippen LogP contribution in [-0.2, 0) is 40.3 Å². The minimum atomic E-state index is -0.834. The summed E-state index contributed by atoms with van der Waals surface area (Å²) in [4.78, 5) is 62.2. The number of pyridine rings is 1. The summed E-state index contributed by atoms with van der Waals surface area (Å²) in [5, 5.41) is 20.6.